The second kappa shape index (κ2) is 4.21. The van der Waals surface area contributed by atoms with Gasteiger partial charge in [-0.3, -0.25) is 9.59 Å². The topological polar surface area (TPSA) is 37.4 Å². The summed E-state index contributed by atoms with van der Waals surface area (Å²) in [5.41, 5.74) is 0. The van der Waals surface area contributed by atoms with E-state index in [0.717, 1.165) is 12.8 Å². The van der Waals surface area contributed by atoms with Crippen LogP contribution in [0.4, 0.5) is 0 Å². The molecule has 1 aliphatic rings. The molecular formula is C10H15NO2. The van der Waals surface area contributed by atoms with Crippen molar-refractivity contribution in [1.82, 2.24) is 4.90 Å². The van der Waals surface area contributed by atoms with Crippen LogP contribution >= 0.6 is 0 Å². The molecule has 0 aromatic rings. The third-order valence-electron chi connectivity index (χ3n) is 2.37. The summed E-state index contributed by atoms with van der Waals surface area (Å²) in [6.07, 6.45) is 5.97. The molecular weight excluding hydrogens is 166 g/mol. The van der Waals surface area contributed by atoms with Gasteiger partial charge < -0.3 is 4.90 Å². The van der Waals surface area contributed by atoms with Gasteiger partial charge in [-0.05, 0) is 25.8 Å². The molecule has 1 aliphatic heterocycles. The van der Waals surface area contributed by atoms with Gasteiger partial charge in [0.05, 0.1) is 0 Å². The molecule has 1 rings (SSSR count). The van der Waals surface area contributed by atoms with Crippen molar-refractivity contribution in [2.75, 3.05) is 7.05 Å². The maximum Gasteiger partial charge on any atom is 0.224 e. The average Bonchev–Trinajstić information content (AvgIpc) is 2.09. The lowest BCUT2D eigenvalue weighted by atomic mass is 9.98. The molecule has 0 spiro atoms. The largest absolute Gasteiger partial charge is 0.342 e. The molecule has 72 valence electrons. The molecule has 0 saturated carbocycles. The van der Waals surface area contributed by atoms with E-state index in [-0.39, 0.29) is 11.7 Å². The molecule has 1 atom stereocenters. The Bertz CT molecular complexity index is 245. The van der Waals surface area contributed by atoms with Crippen molar-refractivity contribution in [3.63, 3.8) is 0 Å². The minimum atomic E-state index is 0.0815. The molecule has 0 aromatic carbocycles. The number of allylic oxidation sites excluding steroid dienone is 2. The molecule has 0 aliphatic carbocycles. The Morgan fingerprint density at radius 3 is 2.85 bits per heavy atom. The van der Waals surface area contributed by atoms with E-state index in [1.54, 1.807) is 11.0 Å². The van der Waals surface area contributed by atoms with Gasteiger partial charge in [-0.15, -0.1) is 0 Å². The number of amides is 1. The lowest BCUT2D eigenvalue weighted by Gasteiger charge is -2.37. The van der Waals surface area contributed by atoms with Crippen LogP contribution in [0.2, 0.25) is 0 Å². The Hall–Kier alpha value is -1.12. The van der Waals surface area contributed by atoms with Crippen LogP contribution in [0, 0.1) is 0 Å². The summed E-state index contributed by atoms with van der Waals surface area (Å²) >= 11 is 0. The van der Waals surface area contributed by atoms with Gasteiger partial charge in [-0.25, -0.2) is 0 Å². The monoisotopic (exact) mass is 181 g/mol. The standard InChI is InChI=1S/C10H15NO2/c1-8(12)5-3-4-6-9-7-10(13)11(9)2/h3,5,9H,4,6-7H2,1-2H3/b5-3+/t9-/m1/s1. The zero-order valence-electron chi connectivity index (χ0n) is 8.12. The highest BCUT2D eigenvalue weighted by molar-refractivity contribution is 5.87. The van der Waals surface area contributed by atoms with Crippen molar-refractivity contribution in [1.29, 1.82) is 0 Å². The Morgan fingerprint density at radius 2 is 2.38 bits per heavy atom. The molecule has 1 heterocycles. The lowest BCUT2D eigenvalue weighted by Crippen LogP contribution is -2.49. The Kier molecular flexibility index (Phi) is 3.23. The number of β-lactam (4-membered cyclic amide) rings is 1. The predicted octanol–water partition coefficient (Wildman–Crippen LogP) is 1.14. The van der Waals surface area contributed by atoms with Gasteiger partial charge in [-0.2, -0.15) is 0 Å². The number of nitrogens with zero attached hydrogens (tertiary/aromatic N) is 1. The van der Waals surface area contributed by atoms with Crippen molar-refractivity contribution in [2.45, 2.75) is 32.2 Å². The number of hydrogen-bond donors (Lipinski definition) is 0. The lowest BCUT2D eigenvalue weighted by molar-refractivity contribution is -0.143. The minimum Gasteiger partial charge on any atom is -0.342 e. The SMILES string of the molecule is CC(=O)/C=C/CC[C@@H]1CC(=O)N1C. The quantitative estimate of drug-likeness (QED) is 0.482. The van der Waals surface area contributed by atoms with E-state index in [1.807, 2.05) is 13.1 Å². The molecule has 0 radical (unpaired) electrons. The first-order valence-corrected chi connectivity index (χ1v) is 4.54. The van der Waals surface area contributed by atoms with Gasteiger partial charge in [0.25, 0.3) is 0 Å². The zero-order valence-corrected chi connectivity index (χ0v) is 8.12. The molecule has 3 nitrogen and oxygen atoms in total. The molecule has 0 aromatic heterocycles. The highest BCUT2D eigenvalue weighted by atomic mass is 16.2. The van der Waals surface area contributed by atoms with Crippen LogP contribution in [0.25, 0.3) is 0 Å². The van der Waals surface area contributed by atoms with Gasteiger partial charge in [0.2, 0.25) is 5.91 Å². The highest BCUT2D eigenvalue weighted by Crippen LogP contribution is 2.20. The first-order valence-electron chi connectivity index (χ1n) is 4.54. The molecule has 1 saturated heterocycles. The highest BCUT2D eigenvalue weighted by Gasteiger charge is 2.31. The van der Waals surface area contributed by atoms with Crippen LogP contribution in [-0.2, 0) is 9.59 Å². The van der Waals surface area contributed by atoms with Gasteiger partial charge in [0.15, 0.2) is 5.78 Å². The van der Waals surface area contributed by atoms with Gasteiger partial charge in [0, 0.05) is 19.5 Å². The second-order valence-corrected chi connectivity index (χ2v) is 3.45. The van der Waals surface area contributed by atoms with Crippen LogP contribution < -0.4 is 0 Å². The Balaban J connectivity index is 2.14. The van der Waals surface area contributed by atoms with Crippen molar-refractivity contribution < 1.29 is 9.59 Å². The third kappa shape index (κ3) is 2.68. The van der Waals surface area contributed by atoms with E-state index in [0.29, 0.717) is 12.5 Å². The number of carbonyl (C=O) groups excluding carboxylic acids is 2. The zero-order chi connectivity index (χ0) is 9.84. The fourth-order valence-electron chi connectivity index (χ4n) is 1.41. The fraction of sp³-hybridized carbons (Fsp3) is 0.600. The van der Waals surface area contributed by atoms with Crippen LogP contribution in [0.3, 0.4) is 0 Å². The molecule has 1 fully saturated rings. The molecule has 0 bridgehead atoms. The summed E-state index contributed by atoms with van der Waals surface area (Å²) in [7, 11) is 1.82. The third-order valence-corrected chi connectivity index (χ3v) is 2.37. The van der Waals surface area contributed by atoms with Gasteiger partial charge in [0.1, 0.15) is 0 Å². The van der Waals surface area contributed by atoms with Gasteiger partial charge in [-0.1, -0.05) is 6.08 Å². The number of likely N-dealkylation sites (tertiary alicyclic amines) is 1. The van der Waals surface area contributed by atoms with E-state index in [4.69, 9.17) is 0 Å². The maximum atomic E-state index is 10.8. The molecule has 13 heavy (non-hydrogen) atoms. The summed E-state index contributed by atoms with van der Waals surface area (Å²) in [5, 5.41) is 0. The van der Waals surface area contributed by atoms with E-state index in [1.165, 1.54) is 6.92 Å². The van der Waals surface area contributed by atoms with Crippen molar-refractivity contribution in [3.8, 4) is 0 Å². The summed E-state index contributed by atoms with van der Waals surface area (Å²) < 4.78 is 0. The first-order chi connectivity index (χ1) is 6.11. The Labute approximate surface area is 78.4 Å². The van der Waals surface area contributed by atoms with Crippen LogP contribution in [0.1, 0.15) is 26.2 Å². The van der Waals surface area contributed by atoms with E-state index >= 15 is 0 Å². The number of hydrogen-bond acceptors (Lipinski definition) is 2. The number of ketones is 1. The predicted molar refractivity (Wildman–Crippen MR) is 50.2 cm³/mol. The summed E-state index contributed by atoms with van der Waals surface area (Å²) in [6.45, 7) is 1.54. The van der Waals surface area contributed by atoms with Crippen LogP contribution in [0.15, 0.2) is 12.2 Å². The van der Waals surface area contributed by atoms with Crippen LogP contribution in [-0.4, -0.2) is 29.7 Å². The van der Waals surface area contributed by atoms with Crippen molar-refractivity contribution in [2.24, 2.45) is 0 Å². The second-order valence-electron chi connectivity index (χ2n) is 3.45. The van der Waals surface area contributed by atoms with Crippen molar-refractivity contribution >= 4 is 11.7 Å². The average molecular weight is 181 g/mol. The van der Waals surface area contributed by atoms with Gasteiger partial charge >= 0.3 is 0 Å². The first kappa shape index (κ1) is 9.96. The summed E-state index contributed by atoms with van der Waals surface area (Å²) in [5.74, 6) is 0.304. The van der Waals surface area contributed by atoms with E-state index in [2.05, 4.69) is 0 Å². The molecule has 1 amide bonds. The summed E-state index contributed by atoms with van der Waals surface area (Å²) in [4.78, 5) is 23.1. The van der Waals surface area contributed by atoms with Crippen LogP contribution in [0.5, 0.6) is 0 Å². The Morgan fingerprint density at radius 1 is 1.69 bits per heavy atom. The fourth-order valence-corrected chi connectivity index (χ4v) is 1.41. The van der Waals surface area contributed by atoms with E-state index < -0.39 is 0 Å². The van der Waals surface area contributed by atoms with Crippen molar-refractivity contribution in [3.05, 3.63) is 12.2 Å². The number of carbonyl (C=O) groups is 2. The smallest absolute Gasteiger partial charge is 0.224 e. The summed E-state index contributed by atoms with van der Waals surface area (Å²) in [6, 6.07) is 0.393. The normalized spacial score (nSPS) is 22.2. The molecule has 3 heteroatoms. The molecule has 0 unspecified atom stereocenters. The number of rotatable bonds is 4. The van der Waals surface area contributed by atoms with E-state index in [9.17, 15) is 9.59 Å². The maximum absolute atomic E-state index is 10.8. The molecule has 0 N–H and O–H groups in total. The minimum absolute atomic E-state index is 0.0815.